The molecular weight excluding hydrogens is 226 g/mol. The third-order valence-corrected chi connectivity index (χ3v) is 2.56. The van der Waals surface area contributed by atoms with E-state index in [0.717, 1.165) is 11.1 Å². The van der Waals surface area contributed by atoms with Crippen molar-refractivity contribution in [3.63, 3.8) is 0 Å². The van der Waals surface area contributed by atoms with Crippen molar-refractivity contribution in [2.24, 2.45) is 5.73 Å². The van der Waals surface area contributed by atoms with Crippen LogP contribution in [0.4, 0.5) is 0 Å². The summed E-state index contributed by atoms with van der Waals surface area (Å²) in [6, 6.07) is 6.62. The fraction of sp³-hybridized carbons (Fsp3) is 0.250. The second-order valence-electron chi connectivity index (χ2n) is 3.58. The molecule has 0 spiro atoms. The van der Waals surface area contributed by atoms with Crippen LogP contribution in [0.25, 0.3) is 6.08 Å². The molecule has 16 heavy (non-hydrogen) atoms. The monoisotopic (exact) mass is 239 g/mol. The van der Waals surface area contributed by atoms with E-state index in [9.17, 15) is 4.79 Å². The number of halogens is 1. The summed E-state index contributed by atoms with van der Waals surface area (Å²) in [5.74, 6) is -0.589. The zero-order valence-corrected chi connectivity index (χ0v) is 9.74. The molecule has 0 saturated heterocycles. The second kappa shape index (κ2) is 5.68. The molecule has 0 unspecified atom stereocenters. The first-order valence-corrected chi connectivity index (χ1v) is 5.39. The number of carbonyl (C=O) groups is 1. The third-order valence-electron chi connectivity index (χ3n) is 2.26. The van der Waals surface area contributed by atoms with Gasteiger partial charge in [-0.25, -0.2) is 0 Å². The molecule has 1 rings (SSSR count). The molecule has 0 fully saturated rings. The van der Waals surface area contributed by atoms with Crippen molar-refractivity contribution >= 4 is 23.6 Å². The first-order valence-electron chi connectivity index (χ1n) is 4.86. The largest absolute Gasteiger partial charge is 0.480 e. The Labute approximate surface area is 99.5 Å². The second-order valence-corrected chi connectivity index (χ2v) is 3.85. The van der Waals surface area contributed by atoms with Gasteiger partial charge in [0.2, 0.25) is 0 Å². The van der Waals surface area contributed by atoms with Gasteiger partial charge in [0.05, 0.1) is 0 Å². The van der Waals surface area contributed by atoms with E-state index < -0.39 is 12.0 Å². The van der Waals surface area contributed by atoms with Crippen LogP contribution in [0, 0.1) is 0 Å². The fourth-order valence-corrected chi connectivity index (χ4v) is 1.48. The summed E-state index contributed by atoms with van der Waals surface area (Å²) in [6.07, 6.45) is 1.76. The highest BCUT2D eigenvalue weighted by atomic mass is 35.5. The van der Waals surface area contributed by atoms with Crippen LogP contribution < -0.4 is 5.73 Å². The lowest BCUT2D eigenvalue weighted by atomic mass is 10.0. The lowest BCUT2D eigenvalue weighted by molar-refractivity contribution is -0.137. The number of benzene rings is 1. The zero-order valence-electron chi connectivity index (χ0n) is 8.98. The number of nitrogens with two attached hydrogens (primary N) is 1. The summed E-state index contributed by atoms with van der Waals surface area (Å²) in [5, 5.41) is 8.74. The van der Waals surface area contributed by atoms with Crippen molar-refractivity contribution in [2.45, 2.75) is 18.8 Å². The molecule has 4 heteroatoms. The summed E-state index contributed by atoms with van der Waals surface area (Å²) >= 11 is 5.71. The van der Waals surface area contributed by atoms with Crippen LogP contribution in [0.5, 0.6) is 0 Å². The Balaban J connectivity index is 2.93. The summed E-state index contributed by atoms with van der Waals surface area (Å²) < 4.78 is 0. The number of aliphatic carboxylic acids is 1. The average molecular weight is 240 g/mol. The fourth-order valence-electron chi connectivity index (χ4n) is 1.31. The van der Waals surface area contributed by atoms with E-state index >= 15 is 0 Å². The summed E-state index contributed by atoms with van der Waals surface area (Å²) in [4.78, 5) is 10.7. The highest BCUT2D eigenvalue weighted by Gasteiger charge is 2.12. The average Bonchev–Trinajstić information content (AvgIpc) is 2.28. The SMILES string of the molecule is C/C(=C/c1cccc(CCl)c1)[C@H](N)C(=O)O. The Morgan fingerprint density at radius 2 is 2.31 bits per heavy atom. The highest BCUT2D eigenvalue weighted by molar-refractivity contribution is 6.17. The van der Waals surface area contributed by atoms with Crippen LogP contribution in [0.2, 0.25) is 0 Å². The standard InChI is InChI=1S/C12H14ClNO2/c1-8(11(14)12(15)16)5-9-3-2-4-10(6-9)7-13/h2-6,11H,7,14H2,1H3,(H,15,16)/b8-5-/t11-/m0/s1. The maximum atomic E-state index is 10.7. The van der Waals surface area contributed by atoms with Gasteiger partial charge in [0.25, 0.3) is 0 Å². The molecule has 86 valence electrons. The zero-order chi connectivity index (χ0) is 12.1. The van der Waals surface area contributed by atoms with Gasteiger partial charge in [-0.3, -0.25) is 4.79 Å². The molecule has 0 aliphatic heterocycles. The number of hydrogen-bond acceptors (Lipinski definition) is 2. The van der Waals surface area contributed by atoms with Crippen molar-refractivity contribution in [3.8, 4) is 0 Å². The van der Waals surface area contributed by atoms with Gasteiger partial charge in [0, 0.05) is 5.88 Å². The van der Waals surface area contributed by atoms with Crippen LogP contribution in [0.3, 0.4) is 0 Å². The molecule has 0 amide bonds. The summed E-state index contributed by atoms with van der Waals surface area (Å²) in [5.41, 5.74) is 8.00. The third kappa shape index (κ3) is 3.36. The maximum absolute atomic E-state index is 10.7. The van der Waals surface area contributed by atoms with Crippen molar-refractivity contribution in [2.75, 3.05) is 0 Å². The van der Waals surface area contributed by atoms with Crippen LogP contribution in [-0.2, 0) is 10.7 Å². The maximum Gasteiger partial charge on any atom is 0.324 e. The molecule has 0 bridgehead atoms. The van der Waals surface area contributed by atoms with E-state index in [2.05, 4.69) is 0 Å². The van der Waals surface area contributed by atoms with Crippen LogP contribution in [0.15, 0.2) is 29.8 Å². The van der Waals surface area contributed by atoms with Crippen molar-refractivity contribution < 1.29 is 9.90 Å². The first-order chi connectivity index (χ1) is 7.54. The lowest BCUT2D eigenvalue weighted by Gasteiger charge is -2.07. The van der Waals surface area contributed by atoms with Crippen LogP contribution in [-0.4, -0.2) is 17.1 Å². The van der Waals surface area contributed by atoms with Gasteiger partial charge in [-0.15, -0.1) is 11.6 Å². The highest BCUT2D eigenvalue weighted by Crippen LogP contribution is 2.12. The molecule has 3 nitrogen and oxygen atoms in total. The van der Waals surface area contributed by atoms with Gasteiger partial charge in [0.15, 0.2) is 0 Å². The molecule has 1 atom stereocenters. The van der Waals surface area contributed by atoms with Gasteiger partial charge in [-0.05, 0) is 23.6 Å². The quantitative estimate of drug-likeness (QED) is 0.792. The first kappa shape index (κ1) is 12.7. The molecule has 0 saturated carbocycles. The van der Waals surface area contributed by atoms with E-state index in [1.807, 2.05) is 24.3 Å². The summed E-state index contributed by atoms with van der Waals surface area (Å²) in [6.45, 7) is 1.70. The Morgan fingerprint density at radius 1 is 1.62 bits per heavy atom. The van der Waals surface area contributed by atoms with E-state index in [1.54, 1.807) is 13.0 Å². The van der Waals surface area contributed by atoms with Gasteiger partial charge in [-0.2, -0.15) is 0 Å². The predicted molar refractivity (Wildman–Crippen MR) is 65.3 cm³/mol. The minimum absolute atomic E-state index is 0.436. The molecular formula is C12H14ClNO2. The van der Waals surface area contributed by atoms with Gasteiger partial charge < -0.3 is 10.8 Å². The molecule has 1 aromatic rings. The van der Waals surface area contributed by atoms with E-state index in [0.29, 0.717) is 11.5 Å². The predicted octanol–water partition coefficient (Wildman–Crippen LogP) is 2.24. The van der Waals surface area contributed by atoms with Gasteiger partial charge >= 0.3 is 5.97 Å². The number of hydrogen-bond donors (Lipinski definition) is 2. The minimum atomic E-state index is -1.03. The Morgan fingerprint density at radius 3 is 2.88 bits per heavy atom. The smallest absolute Gasteiger partial charge is 0.324 e. The topological polar surface area (TPSA) is 63.3 Å². The van der Waals surface area contributed by atoms with E-state index in [-0.39, 0.29) is 0 Å². The lowest BCUT2D eigenvalue weighted by Crippen LogP contribution is -2.30. The van der Waals surface area contributed by atoms with Crippen LogP contribution >= 0.6 is 11.6 Å². The molecule has 3 N–H and O–H groups in total. The summed E-state index contributed by atoms with van der Waals surface area (Å²) in [7, 11) is 0. The molecule has 0 heterocycles. The van der Waals surface area contributed by atoms with Crippen molar-refractivity contribution in [3.05, 3.63) is 41.0 Å². The Kier molecular flexibility index (Phi) is 4.52. The number of alkyl halides is 1. The van der Waals surface area contributed by atoms with E-state index in [4.69, 9.17) is 22.4 Å². The van der Waals surface area contributed by atoms with Gasteiger partial charge in [-0.1, -0.05) is 30.3 Å². The van der Waals surface area contributed by atoms with Crippen molar-refractivity contribution in [1.82, 2.24) is 0 Å². The van der Waals surface area contributed by atoms with E-state index in [1.165, 1.54) is 0 Å². The Bertz CT molecular complexity index is 415. The molecule has 1 aromatic carbocycles. The number of carboxylic acids is 1. The van der Waals surface area contributed by atoms with Crippen molar-refractivity contribution in [1.29, 1.82) is 0 Å². The molecule has 0 radical (unpaired) electrons. The number of rotatable bonds is 4. The normalized spacial score (nSPS) is 13.6. The molecule has 0 aromatic heterocycles. The van der Waals surface area contributed by atoms with Crippen LogP contribution in [0.1, 0.15) is 18.1 Å². The Hall–Kier alpha value is -1.32. The minimum Gasteiger partial charge on any atom is -0.480 e. The molecule has 0 aliphatic rings. The van der Waals surface area contributed by atoms with Gasteiger partial charge in [0.1, 0.15) is 6.04 Å². The number of carboxylic acid groups (broad SMARTS) is 1. The molecule has 0 aliphatic carbocycles.